The Kier molecular flexibility index (Phi) is 5.08. The maximum Gasteiger partial charge on any atom is 0.317 e. The summed E-state index contributed by atoms with van der Waals surface area (Å²) in [6.45, 7) is 14.1. The van der Waals surface area contributed by atoms with Crippen molar-refractivity contribution in [1.29, 1.82) is 0 Å². The zero-order chi connectivity index (χ0) is 13.8. The van der Waals surface area contributed by atoms with Gasteiger partial charge in [-0.3, -0.25) is 0 Å². The maximum absolute atomic E-state index is 5.70. The van der Waals surface area contributed by atoms with E-state index in [-0.39, 0.29) is 5.60 Å². The molecule has 1 aromatic rings. The van der Waals surface area contributed by atoms with E-state index < -0.39 is 0 Å². The van der Waals surface area contributed by atoms with Crippen LogP contribution in [0.2, 0.25) is 0 Å². The Labute approximate surface area is 110 Å². The van der Waals surface area contributed by atoms with Gasteiger partial charge in [-0.25, -0.2) is 4.98 Å². The Hall–Kier alpha value is -1.16. The summed E-state index contributed by atoms with van der Waals surface area (Å²) in [5.41, 5.74) is 1.64. The summed E-state index contributed by atoms with van der Waals surface area (Å²) in [5, 5.41) is 3.37. The van der Waals surface area contributed by atoms with Crippen molar-refractivity contribution in [1.82, 2.24) is 15.3 Å². The molecule has 4 nitrogen and oxygen atoms in total. The fraction of sp³-hybridized carbons (Fsp3) is 0.714. The third-order valence-electron chi connectivity index (χ3n) is 2.14. The van der Waals surface area contributed by atoms with E-state index >= 15 is 0 Å². The second-order valence-corrected chi connectivity index (χ2v) is 6.02. The molecule has 0 spiro atoms. The van der Waals surface area contributed by atoms with Crippen LogP contribution >= 0.6 is 0 Å². The number of nitrogens with zero attached hydrogens (tertiary/aromatic N) is 2. The lowest BCUT2D eigenvalue weighted by atomic mass is 10.2. The Bertz CT molecular complexity index is 383. The molecule has 1 rings (SSSR count). The highest BCUT2D eigenvalue weighted by molar-refractivity contribution is 5.13. The minimum atomic E-state index is -0.267. The van der Waals surface area contributed by atoms with Crippen molar-refractivity contribution in [2.75, 3.05) is 6.54 Å². The van der Waals surface area contributed by atoms with E-state index in [1.807, 2.05) is 33.8 Å². The fourth-order valence-electron chi connectivity index (χ4n) is 1.50. The van der Waals surface area contributed by atoms with Gasteiger partial charge in [0.05, 0.1) is 5.69 Å². The van der Waals surface area contributed by atoms with Gasteiger partial charge in [0.25, 0.3) is 0 Å². The van der Waals surface area contributed by atoms with Crippen LogP contribution in [0, 0.1) is 12.8 Å². The Morgan fingerprint density at radius 2 is 1.94 bits per heavy atom. The predicted molar refractivity (Wildman–Crippen MR) is 73.7 cm³/mol. The normalized spacial score (nSPS) is 11.9. The van der Waals surface area contributed by atoms with Gasteiger partial charge in [-0.1, -0.05) is 13.8 Å². The van der Waals surface area contributed by atoms with E-state index in [1.165, 1.54) is 0 Å². The molecule has 0 aliphatic heterocycles. The van der Waals surface area contributed by atoms with E-state index in [0.29, 0.717) is 11.9 Å². The second kappa shape index (κ2) is 6.14. The van der Waals surface area contributed by atoms with Crippen molar-refractivity contribution in [3.63, 3.8) is 0 Å². The molecule has 18 heavy (non-hydrogen) atoms. The molecule has 4 heteroatoms. The summed E-state index contributed by atoms with van der Waals surface area (Å²) in [6, 6.07) is 2.45. The van der Waals surface area contributed by atoms with Crippen molar-refractivity contribution < 1.29 is 4.74 Å². The van der Waals surface area contributed by atoms with Crippen LogP contribution in [-0.4, -0.2) is 22.1 Å². The average molecular weight is 251 g/mol. The van der Waals surface area contributed by atoms with Crippen LogP contribution in [0.15, 0.2) is 6.07 Å². The van der Waals surface area contributed by atoms with Gasteiger partial charge in [0, 0.05) is 12.2 Å². The first-order valence-corrected chi connectivity index (χ1v) is 6.50. The molecule has 0 saturated heterocycles. The largest absolute Gasteiger partial charge is 0.458 e. The summed E-state index contributed by atoms with van der Waals surface area (Å²) in [6.07, 6.45) is 0. The summed E-state index contributed by atoms with van der Waals surface area (Å²) in [7, 11) is 0. The lowest BCUT2D eigenvalue weighted by Crippen LogP contribution is -2.25. The standard InChI is InChI=1S/C14H25N3O/c1-10(2)8-15-9-12-7-11(3)16-13(17-12)18-14(4,5)6/h7,10,15H,8-9H2,1-6H3. The predicted octanol–water partition coefficient (Wildman–Crippen LogP) is 2.71. The summed E-state index contributed by atoms with van der Waals surface area (Å²) >= 11 is 0. The van der Waals surface area contributed by atoms with Gasteiger partial charge in [0.1, 0.15) is 5.60 Å². The SMILES string of the molecule is Cc1cc(CNCC(C)C)nc(OC(C)(C)C)n1. The van der Waals surface area contributed by atoms with Crippen LogP contribution in [-0.2, 0) is 6.54 Å². The zero-order valence-corrected chi connectivity index (χ0v) is 12.4. The highest BCUT2D eigenvalue weighted by atomic mass is 16.5. The Morgan fingerprint density at radius 1 is 1.28 bits per heavy atom. The number of hydrogen-bond acceptors (Lipinski definition) is 4. The van der Waals surface area contributed by atoms with Crippen molar-refractivity contribution in [2.45, 2.75) is 53.7 Å². The zero-order valence-electron chi connectivity index (χ0n) is 12.4. The van der Waals surface area contributed by atoms with Crippen LogP contribution in [0.5, 0.6) is 6.01 Å². The highest BCUT2D eigenvalue weighted by Crippen LogP contribution is 2.14. The van der Waals surface area contributed by atoms with Gasteiger partial charge in [-0.05, 0) is 46.2 Å². The molecule has 0 unspecified atom stereocenters. The molecule has 0 aromatic carbocycles. The lowest BCUT2D eigenvalue weighted by molar-refractivity contribution is 0.116. The average Bonchev–Trinajstić information content (AvgIpc) is 2.12. The third kappa shape index (κ3) is 5.96. The molecule has 0 aliphatic rings. The smallest absolute Gasteiger partial charge is 0.317 e. The number of nitrogens with one attached hydrogen (secondary N) is 1. The number of aromatic nitrogens is 2. The van der Waals surface area contributed by atoms with Crippen LogP contribution in [0.25, 0.3) is 0 Å². The first kappa shape index (κ1) is 14.9. The molecule has 0 bridgehead atoms. The maximum atomic E-state index is 5.70. The van der Waals surface area contributed by atoms with Crippen LogP contribution in [0.3, 0.4) is 0 Å². The van der Waals surface area contributed by atoms with Crippen molar-refractivity contribution in [3.8, 4) is 6.01 Å². The third-order valence-corrected chi connectivity index (χ3v) is 2.14. The summed E-state index contributed by atoms with van der Waals surface area (Å²) in [4.78, 5) is 8.72. The van der Waals surface area contributed by atoms with E-state index in [1.54, 1.807) is 0 Å². The minimum Gasteiger partial charge on any atom is -0.458 e. The minimum absolute atomic E-state index is 0.267. The van der Waals surface area contributed by atoms with Gasteiger partial charge < -0.3 is 10.1 Å². The van der Waals surface area contributed by atoms with Gasteiger partial charge in [-0.2, -0.15) is 4.98 Å². The van der Waals surface area contributed by atoms with Gasteiger partial charge in [0.2, 0.25) is 0 Å². The second-order valence-electron chi connectivity index (χ2n) is 6.02. The van der Waals surface area contributed by atoms with E-state index in [9.17, 15) is 0 Å². The molecule has 102 valence electrons. The molecule has 0 atom stereocenters. The Balaban J connectivity index is 2.69. The molecule has 0 saturated carbocycles. The van der Waals surface area contributed by atoms with Gasteiger partial charge >= 0.3 is 6.01 Å². The van der Waals surface area contributed by atoms with E-state index in [0.717, 1.165) is 24.5 Å². The summed E-state index contributed by atoms with van der Waals surface area (Å²) in [5.74, 6) is 0.637. The first-order valence-electron chi connectivity index (χ1n) is 6.50. The van der Waals surface area contributed by atoms with Crippen molar-refractivity contribution >= 4 is 0 Å². The molecule has 1 heterocycles. The number of rotatable bonds is 5. The number of ether oxygens (including phenoxy) is 1. The Morgan fingerprint density at radius 3 is 2.50 bits per heavy atom. The van der Waals surface area contributed by atoms with Crippen molar-refractivity contribution in [2.24, 2.45) is 5.92 Å². The number of aryl methyl sites for hydroxylation is 1. The van der Waals surface area contributed by atoms with Gasteiger partial charge in [-0.15, -0.1) is 0 Å². The monoisotopic (exact) mass is 251 g/mol. The molecule has 0 amide bonds. The summed E-state index contributed by atoms with van der Waals surface area (Å²) < 4.78 is 5.70. The highest BCUT2D eigenvalue weighted by Gasteiger charge is 2.14. The fourth-order valence-corrected chi connectivity index (χ4v) is 1.50. The molecular formula is C14H25N3O. The van der Waals surface area contributed by atoms with Crippen LogP contribution < -0.4 is 10.1 Å². The number of hydrogen-bond donors (Lipinski definition) is 1. The van der Waals surface area contributed by atoms with Crippen molar-refractivity contribution in [3.05, 3.63) is 17.5 Å². The quantitative estimate of drug-likeness (QED) is 0.874. The molecule has 0 radical (unpaired) electrons. The first-order chi connectivity index (χ1) is 8.26. The molecule has 1 N–H and O–H groups in total. The molecule has 1 aromatic heterocycles. The van der Waals surface area contributed by atoms with E-state index in [2.05, 4.69) is 29.1 Å². The molecule has 0 fully saturated rings. The van der Waals surface area contributed by atoms with E-state index in [4.69, 9.17) is 4.74 Å². The molecular weight excluding hydrogens is 226 g/mol. The van der Waals surface area contributed by atoms with Crippen LogP contribution in [0.4, 0.5) is 0 Å². The topological polar surface area (TPSA) is 47.0 Å². The van der Waals surface area contributed by atoms with Crippen LogP contribution in [0.1, 0.15) is 46.0 Å². The lowest BCUT2D eigenvalue weighted by Gasteiger charge is -2.20. The van der Waals surface area contributed by atoms with Gasteiger partial charge in [0.15, 0.2) is 0 Å². The molecule has 0 aliphatic carbocycles.